The number of carbonyl (C=O) groups is 3. The summed E-state index contributed by atoms with van der Waals surface area (Å²) in [5, 5.41) is 14.5. The van der Waals surface area contributed by atoms with Crippen LogP contribution in [0.3, 0.4) is 0 Å². The van der Waals surface area contributed by atoms with E-state index in [0.717, 1.165) is 11.8 Å². The van der Waals surface area contributed by atoms with Crippen LogP contribution in [0.1, 0.15) is 20.7 Å². The molecule has 0 saturated carbocycles. The highest BCUT2D eigenvalue weighted by molar-refractivity contribution is 7.99. The van der Waals surface area contributed by atoms with Crippen molar-refractivity contribution in [1.82, 2.24) is 20.2 Å². The molecule has 3 N–H and O–H groups in total. The standard InChI is InChI=1S/C18H16N6O4S/c1-28-17(27)13-4-2-3-5-14(13)20-15(25)10-29-18-21-22-23-24(18)12-8-6-11(7-9-12)16(19)26/h2-9H,10H2,1H3,(H2,19,26)(H,20,25). The van der Waals surface area contributed by atoms with Gasteiger partial charge in [-0.15, -0.1) is 5.10 Å². The second-order valence-electron chi connectivity index (χ2n) is 5.66. The van der Waals surface area contributed by atoms with Crippen LogP contribution in [0.25, 0.3) is 5.69 Å². The monoisotopic (exact) mass is 412 g/mol. The van der Waals surface area contributed by atoms with Crippen molar-refractivity contribution in [2.24, 2.45) is 5.73 Å². The molecule has 29 heavy (non-hydrogen) atoms. The van der Waals surface area contributed by atoms with Crippen molar-refractivity contribution >= 4 is 35.2 Å². The number of rotatable bonds is 7. The van der Waals surface area contributed by atoms with Gasteiger partial charge in [0.05, 0.1) is 29.8 Å². The Balaban J connectivity index is 1.67. The molecule has 2 aromatic carbocycles. The SMILES string of the molecule is COC(=O)c1ccccc1NC(=O)CSc1nnnn1-c1ccc(C(N)=O)cc1. The number of methoxy groups -OCH3 is 1. The molecule has 0 atom stereocenters. The number of aromatic nitrogens is 4. The fraction of sp³-hybridized carbons (Fsp3) is 0.111. The van der Waals surface area contributed by atoms with E-state index >= 15 is 0 Å². The van der Waals surface area contributed by atoms with Crippen molar-refractivity contribution < 1.29 is 19.1 Å². The first-order valence-corrected chi connectivity index (χ1v) is 9.26. The van der Waals surface area contributed by atoms with Crippen molar-refractivity contribution in [3.05, 3.63) is 59.7 Å². The minimum atomic E-state index is -0.545. The Morgan fingerprint density at radius 1 is 1.14 bits per heavy atom. The molecular weight excluding hydrogens is 396 g/mol. The molecule has 10 nitrogen and oxygen atoms in total. The summed E-state index contributed by atoms with van der Waals surface area (Å²) >= 11 is 1.11. The molecule has 1 heterocycles. The van der Waals surface area contributed by atoms with Crippen LogP contribution in [-0.2, 0) is 9.53 Å². The number of hydrogen-bond donors (Lipinski definition) is 2. The van der Waals surface area contributed by atoms with Crippen LogP contribution in [0.2, 0.25) is 0 Å². The third-order valence-electron chi connectivity index (χ3n) is 3.78. The van der Waals surface area contributed by atoms with Crippen molar-refractivity contribution in [3.63, 3.8) is 0 Å². The second-order valence-corrected chi connectivity index (χ2v) is 6.60. The summed E-state index contributed by atoms with van der Waals surface area (Å²) in [5.74, 6) is -1.41. The summed E-state index contributed by atoms with van der Waals surface area (Å²) < 4.78 is 6.15. The fourth-order valence-electron chi connectivity index (χ4n) is 2.39. The lowest BCUT2D eigenvalue weighted by Crippen LogP contribution is -2.17. The molecule has 148 valence electrons. The van der Waals surface area contributed by atoms with Crippen LogP contribution in [0.5, 0.6) is 0 Å². The molecule has 0 spiro atoms. The number of thioether (sulfide) groups is 1. The Bertz CT molecular complexity index is 1050. The van der Waals surface area contributed by atoms with Crippen molar-refractivity contribution in [2.45, 2.75) is 5.16 Å². The van der Waals surface area contributed by atoms with Gasteiger partial charge in [0.15, 0.2) is 0 Å². The lowest BCUT2D eigenvalue weighted by Gasteiger charge is -2.09. The van der Waals surface area contributed by atoms with Gasteiger partial charge in [-0.2, -0.15) is 4.68 Å². The Morgan fingerprint density at radius 2 is 1.86 bits per heavy atom. The average Bonchev–Trinajstić information content (AvgIpc) is 3.21. The minimum Gasteiger partial charge on any atom is -0.465 e. The molecule has 0 aliphatic carbocycles. The van der Waals surface area contributed by atoms with Gasteiger partial charge in [-0.1, -0.05) is 23.9 Å². The van der Waals surface area contributed by atoms with E-state index in [2.05, 4.69) is 20.8 Å². The van der Waals surface area contributed by atoms with Gasteiger partial charge in [0.2, 0.25) is 17.0 Å². The Kier molecular flexibility index (Phi) is 6.19. The predicted molar refractivity (Wildman–Crippen MR) is 105 cm³/mol. The normalized spacial score (nSPS) is 10.4. The number of anilines is 1. The maximum Gasteiger partial charge on any atom is 0.339 e. The predicted octanol–water partition coefficient (Wildman–Crippen LogP) is 1.28. The number of nitrogens with two attached hydrogens (primary N) is 1. The minimum absolute atomic E-state index is 0.00918. The van der Waals surface area contributed by atoms with Crippen molar-refractivity contribution in [1.29, 1.82) is 0 Å². The fourth-order valence-corrected chi connectivity index (χ4v) is 3.09. The molecule has 0 radical (unpaired) electrons. The van der Waals surface area contributed by atoms with Gasteiger partial charge in [0, 0.05) is 5.56 Å². The number of ether oxygens (including phenoxy) is 1. The summed E-state index contributed by atoms with van der Waals surface area (Å²) in [7, 11) is 1.27. The molecule has 3 aromatic rings. The third-order valence-corrected chi connectivity index (χ3v) is 4.70. The molecule has 0 unspecified atom stereocenters. The van der Waals surface area contributed by atoms with Crippen LogP contribution in [0.4, 0.5) is 5.69 Å². The molecule has 0 aliphatic rings. The van der Waals surface area contributed by atoms with Crippen molar-refractivity contribution in [2.75, 3.05) is 18.2 Å². The van der Waals surface area contributed by atoms with Gasteiger partial charge in [-0.25, -0.2) is 4.79 Å². The quantitative estimate of drug-likeness (QED) is 0.436. The zero-order valence-electron chi connectivity index (χ0n) is 15.2. The lowest BCUT2D eigenvalue weighted by molar-refractivity contribution is -0.113. The maximum absolute atomic E-state index is 12.3. The highest BCUT2D eigenvalue weighted by Crippen LogP contribution is 2.20. The summed E-state index contributed by atoms with van der Waals surface area (Å²) in [4.78, 5) is 35.3. The smallest absolute Gasteiger partial charge is 0.339 e. The highest BCUT2D eigenvalue weighted by atomic mass is 32.2. The van der Waals surface area contributed by atoms with Crippen LogP contribution in [-0.4, -0.2) is 50.9 Å². The number of hydrogen-bond acceptors (Lipinski definition) is 8. The first-order chi connectivity index (χ1) is 14.0. The van der Waals surface area contributed by atoms with Crippen LogP contribution in [0, 0.1) is 0 Å². The number of amides is 2. The number of esters is 1. The Morgan fingerprint density at radius 3 is 2.55 bits per heavy atom. The zero-order chi connectivity index (χ0) is 20.8. The van der Waals surface area contributed by atoms with E-state index in [9.17, 15) is 14.4 Å². The van der Waals surface area contributed by atoms with Gasteiger partial charge in [0.1, 0.15) is 0 Å². The number of para-hydroxylation sites is 1. The van der Waals surface area contributed by atoms with Gasteiger partial charge in [0.25, 0.3) is 0 Å². The first kappa shape index (κ1) is 20.0. The van der Waals surface area contributed by atoms with Gasteiger partial charge in [-0.3, -0.25) is 9.59 Å². The molecule has 2 amide bonds. The maximum atomic E-state index is 12.3. The number of benzene rings is 2. The Hall–Kier alpha value is -3.73. The van der Waals surface area contributed by atoms with E-state index in [1.54, 1.807) is 48.5 Å². The molecule has 3 rings (SSSR count). The topological polar surface area (TPSA) is 142 Å². The van der Waals surface area contributed by atoms with E-state index in [0.29, 0.717) is 22.1 Å². The average molecular weight is 412 g/mol. The van der Waals surface area contributed by atoms with Crippen LogP contribution in [0.15, 0.2) is 53.7 Å². The summed E-state index contributed by atoms with van der Waals surface area (Å²) in [6.45, 7) is 0. The van der Waals surface area contributed by atoms with Crippen LogP contribution >= 0.6 is 11.8 Å². The highest BCUT2D eigenvalue weighted by Gasteiger charge is 2.15. The summed E-state index contributed by atoms with van der Waals surface area (Å²) in [6, 6.07) is 13.0. The van der Waals surface area contributed by atoms with Gasteiger partial charge in [-0.05, 0) is 46.8 Å². The van der Waals surface area contributed by atoms with E-state index in [-0.39, 0.29) is 17.2 Å². The first-order valence-electron chi connectivity index (χ1n) is 8.28. The molecule has 0 bridgehead atoms. The number of nitrogens with zero attached hydrogens (tertiary/aromatic N) is 4. The second kappa shape index (κ2) is 8.97. The number of primary amides is 1. The summed E-state index contributed by atoms with van der Waals surface area (Å²) in [5.41, 5.74) is 6.81. The van der Waals surface area contributed by atoms with Crippen molar-refractivity contribution in [3.8, 4) is 5.69 Å². The third kappa shape index (κ3) is 4.76. The van der Waals surface area contributed by atoms with E-state index < -0.39 is 11.9 Å². The number of tetrazole rings is 1. The molecule has 0 saturated heterocycles. The Labute approximate surface area is 169 Å². The van der Waals surface area contributed by atoms with E-state index in [1.807, 2.05) is 0 Å². The summed E-state index contributed by atoms with van der Waals surface area (Å²) in [6.07, 6.45) is 0. The number of carbonyl (C=O) groups excluding carboxylic acids is 3. The van der Waals surface area contributed by atoms with Crippen LogP contribution < -0.4 is 11.1 Å². The van der Waals surface area contributed by atoms with Gasteiger partial charge >= 0.3 is 5.97 Å². The molecule has 11 heteroatoms. The molecular formula is C18H16N6O4S. The molecule has 1 aromatic heterocycles. The molecule has 0 aliphatic heterocycles. The lowest BCUT2D eigenvalue weighted by atomic mass is 10.2. The number of nitrogens with one attached hydrogen (secondary N) is 1. The molecule has 0 fully saturated rings. The van der Waals surface area contributed by atoms with E-state index in [1.165, 1.54) is 11.8 Å². The van der Waals surface area contributed by atoms with Gasteiger partial charge < -0.3 is 15.8 Å². The largest absolute Gasteiger partial charge is 0.465 e. The zero-order valence-corrected chi connectivity index (χ0v) is 16.0. The van der Waals surface area contributed by atoms with E-state index in [4.69, 9.17) is 10.5 Å².